The Bertz CT molecular complexity index is 926. The maximum absolute atomic E-state index is 13.0. The van der Waals surface area contributed by atoms with E-state index < -0.39 is 53.8 Å². The van der Waals surface area contributed by atoms with Gasteiger partial charge in [-0.2, -0.15) is 12.6 Å². The molecule has 4 atom stereocenters. The van der Waals surface area contributed by atoms with Gasteiger partial charge in [0.25, 0.3) is 0 Å². The molecular weight excluding hydrogens is 490 g/mol. The van der Waals surface area contributed by atoms with E-state index in [9.17, 15) is 34.2 Å². The summed E-state index contributed by atoms with van der Waals surface area (Å²) >= 11 is 3.92. The highest BCUT2D eigenvalue weighted by Gasteiger charge is 2.30. The second-order valence-corrected chi connectivity index (χ2v) is 9.18. The molecule has 9 N–H and O–H groups in total. The number of carbonyl (C=O) groups excluding carboxylic acids is 4. The number of carboxylic acid groups (broad SMARTS) is 1. The van der Waals surface area contributed by atoms with Crippen LogP contribution in [0.3, 0.4) is 0 Å². The number of aromatic hydroxyl groups is 1. The molecule has 1 aromatic carbocycles. The summed E-state index contributed by atoms with van der Waals surface area (Å²) in [6.07, 6.45) is -0.0428. The minimum atomic E-state index is -1.28. The Morgan fingerprint density at radius 2 is 1.44 bits per heavy atom. The number of phenols is 1. The lowest BCUT2D eigenvalue weighted by Crippen LogP contribution is -2.57. The number of thiol groups is 1. The van der Waals surface area contributed by atoms with E-state index in [1.807, 2.05) is 13.8 Å². The predicted octanol–water partition coefficient (Wildman–Crippen LogP) is -0.958. The molecule has 0 saturated heterocycles. The van der Waals surface area contributed by atoms with Crippen molar-refractivity contribution in [3.8, 4) is 5.75 Å². The fourth-order valence-electron chi connectivity index (χ4n) is 3.25. The van der Waals surface area contributed by atoms with Crippen molar-refractivity contribution in [2.75, 3.05) is 5.75 Å². The molecule has 4 unspecified atom stereocenters. The summed E-state index contributed by atoms with van der Waals surface area (Å²) in [4.78, 5) is 61.0. The van der Waals surface area contributed by atoms with Gasteiger partial charge in [0, 0.05) is 12.2 Å². The SMILES string of the molecule is CC(C)CC(NC(=O)C(CCC(N)=O)NC(=O)C(N)Cc1ccc(O)cc1)C(=O)NC(CS)C(=O)O. The highest BCUT2D eigenvalue weighted by atomic mass is 32.1. The van der Waals surface area contributed by atoms with E-state index in [0.717, 1.165) is 0 Å². The number of carbonyl (C=O) groups is 5. The first-order valence-corrected chi connectivity index (χ1v) is 12.0. The number of nitrogens with two attached hydrogens (primary N) is 2. The fourth-order valence-corrected chi connectivity index (χ4v) is 3.49. The lowest BCUT2D eigenvalue weighted by atomic mass is 10.0. The van der Waals surface area contributed by atoms with Gasteiger partial charge in [0.2, 0.25) is 23.6 Å². The van der Waals surface area contributed by atoms with Crippen LogP contribution >= 0.6 is 12.6 Å². The van der Waals surface area contributed by atoms with Gasteiger partial charge >= 0.3 is 5.97 Å². The van der Waals surface area contributed by atoms with Crippen LogP contribution in [0.1, 0.15) is 38.7 Å². The number of hydrogen-bond acceptors (Lipinski definition) is 8. The molecular formula is C23H35N5O7S. The van der Waals surface area contributed by atoms with Crippen LogP contribution in [0.25, 0.3) is 0 Å². The first-order valence-electron chi connectivity index (χ1n) is 11.4. The van der Waals surface area contributed by atoms with Gasteiger partial charge in [-0.05, 0) is 42.9 Å². The molecule has 0 heterocycles. The smallest absolute Gasteiger partial charge is 0.327 e. The maximum atomic E-state index is 13.0. The van der Waals surface area contributed by atoms with Gasteiger partial charge in [-0.25, -0.2) is 4.79 Å². The number of aliphatic carboxylic acids is 1. The van der Waals surface area contributed by atoms with Gasteiger partial charge in [-0.15, -0.1) is 0 Å². The fraction of sp³-hybridized carbons (Fsp3) is 0.522. The Hall–Kier alpha value is -3.32. The summed E-state index contributed by atoms with van der Waals surface area (Å²) in [6, 6.07) is 1.48. The van der Waals surface area contributed by atoms with Crippen LogP contribution in [0.15, 0.2) is 24.3 Å². The van der Waals surface area contributed by atoms with E-state index in [2.05, 4.69) is 28.6 Å². The molecule has 0 fully saturated rings. The quantitative estimate of drug-likeness (QED) is 0.133. The lowest BCUT2D eigenvalue weighted by Gasteiger charge is -2.25. The summed E-state index contributed by atoms with van der Waals surface area (Å²) < 4.78 is 0. The van der Waals surface area contributed by atoms with Crippen LogP contribution in [0.5, 0.6) is 5.75 Å². The maximum Gasteiger partial charge on any atom is 0.327 e. The Labute approximate surface area is 215 Å². The standard InChI is InChI=1S/C23H35N5O7S/c1-12(2)9-17(22(33)28-18(11-36)23(34)35)27-21(32)16(7-8-19(25)30)26-20(31)15(24)10-13-3-5-14(29)6-4-13/h3-6,12,15-18,29,36H,7-11,24H2,1-2H3,(H2,25,30)(H,26,31)(H,27,32)(H,28,33)(H,34,35). The van der Waals surface area contributed by atoms with Gasteiger partial charge in [0.1, 0.15) is 23.9 Å². The number of phenolic OH excluding ortho intramolecular Hbond substituents is 1. The average Bonchev–Trinajstić information content (AvgIpc) is 2.79. The molecule has 13 heteroatoms. The molecule has 36 heavy (non-hydrogen) atoms. The molecule has 0 aliphatic heterocycles. The molecule has 4 amide bonds. The van der Waals surface area contributed by atoms with Crippen LogP contribution in [-0.2, 0) is 30.4 Å². The minimum Gasteiger partial charge on any atom is -0.508 e. The van der Waals surface area contributed by atoms with Crippen molar-refractivity contribution in [1.82, 2.24) is 16.0 Å². The van der Waals surface area contributed by atoms with Gasteiger partial charge in [0.05, 0.1) is 6.04 Å². The molecule has 1 rings (SSSR count). The lowest BCUT2D eigenvalue weighted by molar-refractivity contribution is -0.141. The third kappa shape index (κ3) is 11.0. The molecule has 12 nitrogen and oxygen atoms in total. The first kappa shape index (κ1) is 30.7. The Morgan fingerprint density at radius 3 is 1.94 bits per heavy atom. The number of carboxylic acids is 1. The second kappa shape index (κ2) is 14.9. The molecule has 0 bridgehead atoms. The van der Waals surface area contributed by atoms with Crippen molar-refractivity contribution in [3.63, 3.8) is 0 Å². The Morgan fingerprint density at radius 1 is 0.917 bits per heavy atom. The number of rotatable bonds is 15. The van der Waals surface area contributed by atoms with E-state index in [0.29, 0.717) is 5.56 Å². The Kier molecular flexibility index (Phi) is 12.7. The molecule has 0 aliphatic carbocycles. The van der Waals surface area contributed by atoms with Crippen LogP contribution in [0.4, 0.5) is 0 Å². The summed E-state index contributed by atoms with van der Waals surface area (Å²) in [5, 5.41) is 25.9. The summed E-state index contributed by atoms with van der Waals surface area (Å²) in [7, 11) is 0. The van der Waals surface area contributed by atoms with Gasteiger partial charge in [-0.3, -0.25) is 19.2 Å². The van der Waals surface area contributed by atoms with Gasteiger partial charge in [0.15, 0.2) is 0 Å². The zero-order valence-corrected chi connectivity index (χ0v) is 21.2. The number of benzene rings is 1. The van der Waals surface area contributed by atoms with E-state index in [1.165, 1.54) is 12.1 Å². The summed E-state index contributed by atoms with van der Waals surface area (Å²) in [5.41, 5.74) is 11.9. The van der Waals surface area contributed by atoms with Gasteiger partial charge in [-0.1, -0.05) is 26.0 Å². The number of amides is 4. The molecule has 0 aromatic heterocycles. The normalized spacial score (nSPS) is 14.2. The van der Waals surface area contributed by atoms with Crippen LogP contribution in [0, 0.1) is 5.92 Å². The van der Waals surface area contributed by atoms with E-state index in [-0.39, 0.29) is 43.1 Å². The van der Waals surface area contributed by atoms with Crippen molar-refractivity contribution >= 4 is 42.2 Å². The highest BCUT2D eigenvalue weighted by molar-refractivity contribution is 7.80. The van der Waals surface area contributed by atoms with Crippen molar-refractivity contribution < 1.29 is 34.2 Å². The predicted molar refractivity (Wildman–Crippen MR) is 135 cm³/mol. The minimum absolute atomic E-state index is 0.0438. The summed E-state index contributed by atoms with van der Waals surface area (Å²) in [5.74, 6) is -4.24. The molecule has 0 saturated carbocycles. The van der Waals surface area contributed by atoms with E-state index in [1.54, 1.807) is 12.1 Å². The van der Waals surface area contributed by atoms with Crippen molar-refractivity contribution in [2.24, 2.45) is 17.4 Å². The van der Waals surface area contributed by atoms with Gasteiger partial charge < -0.3 is 37.6 Å². The van der Waals surface area contributed by atoms with E-state index >= 15 is 0 Å². The molecule has 1 aromatic rings. The van der Waals surface area contributed by atoms with Crippen molar-refractivity contribution in [3.05, 3.63) is 29.8 Å². The van der Waals surface area contributed by atoms with Crippen molar-refractivity contribution in [1.29, 1.82) is 0 Å². The largest absolute Gasteiger partial charge is 0.508 e. The third-order valence-corrected chi connectivity index (χ3v) is 5.54. The first-order chi connectivity index (χ1) is 16.8. The second-order valence-electron chi connectivity index (χ2n) is 8.82. The Balaban J connectivity index is 2.97. The topological polar surface area (TPSA) is 214 Å². The molecule has 0 radical (unpaired) electrons. The summed E-state index contributed by atoms with van der Waals surface area (Å²) in [6.45, 7) is 3.63. The van der Waals surface area contributed by atoms with Crippen LogP contribution in [0.2, 0.25) is 0 Å². The number of nitrogens with one attached hydrogen (secondary N) is 3. The van der Waals surface area contributed by atoms with Crippen LogP contribution < -0.4 is 27.4 Å². The monoisotopic (exact) mass is 525 g/mol. The third-order valence-electron chi connectivity index (χ3n) is 5.18. The van der Waals surface area contributed by atoms with Crippen LogP contribution in [-0.4, -0.2) is 69.7 Å². The number of primary amides is 1. The molecule has 200 valence electrons. The zero-order valence-electron chi connectivity index (χ0n) is 20.3. The highest BCUT2D eigenvalue weighted by Crippen LogP contribution is 2.12. The zero-order chi connectivity index (χ0) is 27.4. The molecule has 0 aliphatic rings. The number of hydrogen-bond donors (Lipinski definition) is 8. The molecule has 0 spiro atoms. The van der Waals surface area contributed by atoms with Crippen molar-refractivity contribution in [2.45, 2.75) is 63.7 Å². The van der Waals surface area contributed by atoms with E-state index in [4.69, 9.17) is 11.5 Å². The average molecular weight is 526 g/mol.